The summed E-state index contributed by atoms with van der Waals surface area (Å²) in [6.45, 7) is 5.98. The minimum absolute atomic E-state index is 0.0706. The highest BCUT2D eigenvalue weighted by molar-refractivity contribution is 5.78. The van der Waals surface area contributed by atoms with Gasteiger partial charge in [-0.05, 0) is 18.3 Å². The van der Waals surface area contributed by atoms with Crippen molar-refractivity contribution in [2.24, 2.45) is 10.8 Å². The van der Waals surface area contributed by atoms with Crippen molar-refractivity contribution >= 4 is 5.97 Å². The molecule has 1 N–H and O–H groups in total. The van der Waals surface area contributed by atoms with Crippen LogP contribution in [0.1, 0.15) is 33.6 Å². The molecule has 0 aromatic heterocycles. The second kappa shape index (κ2) is 1.74. The molecule has 1 rings (SSSR count). The lowest BCUT2D eigenvalue weighted by molar-refractivity contribution is -0.147. The van der Waals surface area contributed by atoms with Crippen LogP contribution in [0.25, 0.3) is 0 Å². The second-order valence-corrected chi connectivity index (χ2v) is 4.14. The first kappa shape index (κ1) is 7.58. The summed E-state index contributed by atoms with van der Waals surface area (Å²) in [5.41, 5.74) is -0.466. The molecule has 0 radical (unpaired) electrons. The van der Waals surface area contributed by atoms with Gasteiger partial charge in [0, 0.05) is 0 Å². The van der Waals surface area contributed by atoms with Crippen LogP contribution in [0.4, 0.5) is 0 Å². The highest BCUT2D eigenvalue weighted by Gasteiger charge is 2.58. The van der Waals surface area contributed by atoms with Crippen LogP contribution >= 0.6 is 0 Å². The van der Waals surface area contributed by atoms with E-state index in [1.165, 1.54) is 0 Å². The first-order valence-electron chi connectivity index (χ1n) is 3.63. The molecule has 0 unspecified atom stereocenters. The molecule has 1 saturated carbocycles. The molecule has 2 heteroatoms. The zero-order valence-electron chi connectivity index (χ0n) is 6.77. The molecular weight excluding hydrogens is 128 g/mol. The fourth-order valence-electron chi connectivity index (χ4n) is 1.41. The van der Waals surface area contributed by atoms with Crippen LogP contribution in [-0.4, -0.2) is 11.1 Å². The Bertz CT molecular complexity index is 161. The zero-order valence-corrected chi connectivity index (χ0v) is 6.77. The molecule has 1 aliphatic rings. The van der Waals surface area contributed by atoms with Crippen molar-refractivity contribution in [3.8, 4) is 0 Å². The molecule has 1 aliphatic carbocycles. The molecule has 10 heavy (non-hydrogen) atoms. The van der Waals surface area contributed by atoms with Gasteiger partial charge in [0.15, 0.2) is 0 Å². The van der Waals surface area contributed by atoms with Crippen LogP contribution in [0.2, 0.25) is 0 Å². The maximum atomic E-state index is 10.7. The van der Waals surface area contributed by atoms with E-state index < -0.39 is 11.4 Å². The van der Waals surface area contributed by atoms with Gasteiger partial charge in [-0.15, -0.1) is 0 Å². The fraction of sp³-hybridized carbons (Fsp3) is 0.875. The standard InChI is InChI=1S/C8H14O2/c1-7(2,3)8(4-5-8)6(9)10/h4-5H2,1-3H3,(H,9,10). The molecule has 0 amide bonds. The van der Waals surface area contributed by atoms with Gasteiger partial charge in [-0.2, -0.15) is 0 Å². The van der Waals surface area contributed by atoms with E-state index in [0.717, 1.165) is 12.8 Å². The molecule has 0 heterocycles. The highest BCUT2D eigenvalue weighted by Crippen LogP contribution is 2.58. The van der Waals surface area contributed by atoms with E-state index in [1.807, 2.05) is 20.8 Å². The van der Waals surface area contributed by atoms with Gasteiger partial charge in [-0.1, -0.05) is 20.8 Å². The van der Waals surface area contributed by atoms with Crippen LogP contribution < -0.4 is 0 Å². The monoisotopic (exact) mass is 142 g/mol. The van der Waals surface area contributed by atoms with Gasteiger partial charge < -0.3 is 5.11 Å². The van der Waals surface area contributed by atoms with E-state index in [0.29, 0.717) is 0 Å². The molecule has 58 valence electrons. The molecule has 0 atom stereocenters. The summed E-state index contributed by atoms with van der Waals surface area (Å²) in [6.07, 6.45) is 1.71. The van der Waals surface area contributed by atoms with E-state index in [-0.39, 0.29) is 5.41 Å². The smallest absolute Gasteiger partial charge is 0.310 e. The van der Waals surface area contributed by atoms with Gasteiger partial charge in [0.2, 0.25) is 0 Å². The molecule has 0 aliphatic heterocycles. The fourth-order valence-corrected chi connectivity index (χ4v) is 1.41. The van der Waals surface area contributed by atoms with Crippen LogP contribution in [-0.2, 0) is 4.79 Å². The predicted octanol–water partition coefficient (Wildman–Crippen LogP) is 1.90. The summed E-state index contributed by atoms with van der Waals surface area (Å²) in [5, 5.41) is 8.84. The average molecular weight is 142 g/mol. The van der Waals surface area contributed by atoms with Crippen molar-refractivity contribution < 1.29 is 9.90 Å². The normalized spacial score (nSPS) is 22.3. The van der Waals surface area contributed by atoms with Crippen molar-refractivity contribution in [3.05, 3.63) is 0 Å². The summed E-state index contributed by atoms with van der Waals surface area (Å²) < 4.78 is 0. The quantitative estimate of drug-likeness (QED) is 0.607. The Hall–Kier alpha value is -0.530. The van der Waals surface area contributed by atoms with E-state index in [9.17, 15) is 4.79 Å². The van der Waals surface area contributed by atoms with Crippen LogP contribution in [0.5, 0.6) is 0 Å². The summed E-state index contributed by atoms with van der Waals surface area (Å²) in [6, 6.07) is 0. The number of hydrogen-bond donors (Lipinski definition) is 1. The highest BCUT2D eigenvalue weighted by atomic mass is 16.4. The van der Waals surface area contributed by atoms with Gasteiger partial charge in [0.1, 0.15) is 0 Å². The Morgan fingerprint density at radius 3 is 1.80 bits per heavy atom. The molecule has 1 fully saturated rings. The number of carboxylic acid groups (broad SMARTS) is 1. The predicted molar refractivity (Wildman–Crippen MR) is 38.8 cm³/mol. The van der Waals surface area contributed by atoms with E-state index >= 15 is 0 Å². The third-order valence-corrected chi connectivity index (χ3v) is 2.60. The van der Waals surface area contributed by atoms with Crippen LogP contribution in [0.15, 0.2) is 0 Å². The van der Waals surface area contributed by atoms with E-state index in [4.69, 9.17) is 5.11 Å². The molecule has 0 spiro atoms. The molecule has 0 saturated heterocycles. The van der Waals surface area contributed by atoms with Crippen molar-refractivity contribution in [2.45, 2.75) is 33.6 Å². The van der Waals surface area contributed by atoms with Gasteiger partial charge >= 0.3 is 5.97 Å². The van der Waals surface area contributed by atoms with Gasteiger partial charge in [0.05, 0.1) is 5.41 Å². The second-order valence-electron chi connectivity index (χ2n) is 4.14. The minimum Gasteiger partial charge on any atom is -0.481 e. The Labute approximate surface area is 61.2 Å². The largest absolute Gasteiger partial charge is 0.481 e. The number of carboxylic acids is 1. The number of hydrogen-bond acceptors (Lipinski definition) is 1. The zero-order chi connectivity index (χ0) is 7.99. The lowest BCUT2D eigenvalue weighted by Gasteiger charge is -2.26. The molecule has 0 aromatic rings. The van der Waals surface area contributed by atoms with Gasteiger partial charge in [-0.25, -0.2) is 0 Å². The molecule has 2 nitrogen and oxygen atoms in total. The van der Waals surface area contributed by atoms with Crippen LogP contribution in [0.3, 0.4) is 0 Å². The third-order valence-electron chi connectivity index (χ3n) is 2.60. The van der Waals surface area contributed by atoms with Gasteiger partial charge in [0.25, 0.3) is 0 Å². The van der Waals surface area contributed by atoms with Crippen molar-refractivity contribution in [1.29, 1.82) is 0 Å². The Morgan fingerprint density at radius 1 is 1.40 bits per heavy atom. The van der Waals surface area contributed by atoms with Crippen molar-refractivity contribution in [1.82, 2.24) is 0 Å². The first-order valence-corrected chi connectivity index (χ1v) is 3.63. The topological polar surface area (TPSA) is 37.3 Å². The molecular formula is C8H14O2. The Balaban J connectivity index is 2.80. The maximum Gasteiger partial charge on any atom is 0.310 e. The maximum absolute atomic E-state index is 10.7. The number of rotatable bonds is 1. The van der Waals surface area contributed by atoms with Gasteiger partial charge in [-0.3, -0.25) is 4.79 Å². The Morgan fingerprint density at radius 2 is 1.80 bits per heavy atom. The molecule has 0 aromatic carbocycles. The lowest BCUT2D eigenvalue weighted by atomic mass is 9.78. The Kier molecular flexibility index (Phi) is 1.32. The number of carbonyl (C=O) groups is 1. The summed E-state index contributed by atoms with van der Waals surface area (Å²) >= 11 is 0. The third kappa shape index (κ3) is 0.825. The summed E-state index contributed by atoms with van der Waals surface area (Å²) in [4.78, 5) is 10.7. The first-order chi connectivity index (χ1) is 4.40. The van der Waals surface area contributed by atoms with Crippen molar-refractivity contribution in [2.75, 3.05) is 0 Å². The lowest BCUT2D eigenvalue weighted by Crippen LogP contribution is -2.29. The molecule has 0 bridgehead atoms. The van der Waals surface area contributed by atoms with E-state index in [1.54, 1.807) is 0 Å². The summed E-state index contributed by atoms with van der Waals surface area (Å²) in [5.74, 6) is -0.625. The van der Waals surface area contributed by atoms with Crippen LogP contribution in [0, 0.1) is 10.8 Å². The van der Waals surface area contributed by atoms with Crippen molar-refractivity contribution in [3.63, 3.8) is 0 Å². The average Bonchev–Trinajstić information content (AvgIpc) is 2.36. The minimum atomic E-state index is -0.625. The SMILES string of the molecule is CC(C)(C)C1(C(=O)O)CC1. The summed E-state index contributed by atoms with van der Waals surface area (Å²) in [7, 11) is 0. The number of aliphatic carboxylic acids is 1. The van der Waals surface area contributed by atoms with E-state index in [2.05, 4.69) is 0 Å².